The summed E-state index contributed by atoms with van der Waals surface area (Å²) in [7, 11) is -3.26. The number of sulfone groups is 1. The van der Waals surface area contributed by atoms with Crippen molar-refractivity contribution in [3.05, 3.63) is 73.2 Å². The van der Waals surface area contributed by atoms with Crippen LogP contribution in [0.3, 0.4) is 0 Å². The normalized spacial score (nSPS) is 13.8. The molecule has 2 aliphatic heterocycles. The molecule has 0 atom stereocenters. The van der Waals surface area contributed by atoms with Crippen molar-refractivity contribution in [1.82, 2.24) is 20.2 Å². The van der Waals surface area contributed by atoms with Crippen LogP contribution in [0.5, 0.6) is 11.5 Å². The number of aromatic nitrogens is 4. The second-order valence-corrected chi connectivity index (χ2v) is 14.3. The number of nitrogens with zero attached hydrogens (tertiary/aromatic N) is 5. The largest absolute Gasteiger partial charge is 0.490 e. The average Bonchev–Trinajstić information content (AvgIpc) is 3.87. The summed E-state index contributed by atoms with van der Waals surface area (Å²) in [5, 5.41) is 29.8. The van der Waals surface area contributed by atoms with Crippen molar-refractivity contribution < 1.29 is 87.1 Å². The van der Waals surface area contributed by atoms with Gasteiger partial charge in [0.05, 0.1) is 22.3 Å². The van der Waals surface area contributed by atoms with Gasteiger partial charge in [-0.2, -0.15) is 44.6 Å². The fourth-order valence-corrected chi connectivity index (χ4v) is 5.99. The van der Waals surface area contributed by atoms with Crippen LogP contribution in [0.2, 0.25) is 0 Å². The lowest BCUT2D eigenvalue weighted by atomic mass is 10.00. The Hall–Kier alpha value is -6.86. The highest BCUT2D eigenvalue weighted by Crippen LogP contribution is 2.39. The van der Waals surface area contributed by atoms with Crippen molar-refractivity contribution in [2.24, 2.45) is 0 Å². The summed E-state index contributed by atoms with van der Waals surface area (Å²) < 4.78 is 130. The maximum Gasteiger partial charge on any atom is 0.490 e. The molecule has 4 heterocycles. The van der Waals surface area contributed by atoms with E-state index >= 15 is 0 Å². The van der Waals surface area contributed by atoms with E-state index in [1.165, 1.54) is 6.26 Å². The molecule has 7 rings (SSSR count). The number of hydrogen-bond donors (Lipinski definition) is 4. The van der Waals surface area contributed by atoms with Gasteiger partial charge in [0.15, 0.2) is 21.3 Å². The molecule has 0 amide bonds. The number of fused-ring (bicyclic) bond motifs is 2. The molecule has 0 bridgehead atoms. The first-order valence-corrected chi connectivity index (χ1v) is 18.6. The Labute approximate surface area is 336 Å². The van der Waals surface area contributed by atoms with E-state index in [1.807, 2.05) is 42.6 Å². The van der Waals surface area contributed by atoms with Gasteiger partial charge in [-0.3, -0.25) is 5.10 Å². The van der Waals surface area contributed by atoms with Crippen LogP contribution in [0.1, 0.15) is 0 Å². The Morgan fingerprint density at radius 2 is 1.25 bits per heavy atom. The van der Waals surface area contributed by atoms with E-state index < -0.39 is 46.3 Å². The van der Waals surface area contributed by atoms with Gasteiger partial charge in [-0.15, -0.1) is 0 Å². The number of nitrogens with one attached hydrogen (secondary N) is 1. The van der Waals surface area contributed by atoms with E-state index in [0.29, 0.717) is 4.90 Å². The summed E-state index contributed by atoms with van der Waals surface area (Å²) >= 11 is 0. The first-order valence-electron chi connectivity index (χ1n) is 16.7. The number of benzene rings is 3. The predicted octanol–water partition coefficient (Wildman–Crippen LogP) is 6.05. The van der Waals surface area contributed by atoms with Gasteiger partial charge in [-0.1, -0.05) is 12.1 Å². The van der Waals surface area contributed by atoms with Crippen LogP contribution in [0.4, 0.5) is 51.0 Å². The minimum Gasteiger partial charge on any atom is -0.475 e. The molecule has 16 nitrogen and oxygen atoms in total. The lowest BCUT2D eigenvalue weighted by Crippen LogP contribution is -2.47. The molecular weight excluding hydrogens is 867 g/mol. The Kier molecular flexibility index (Phi) is 14.3. The highest BCUT2D eigenvalue weighted by Gasteiger charge is 2.39. The number of halogens is 9. The summed E-state index contributed by atoms with van der Waals surface area (Å²) in [6, 6.07) is 19.2. The molecule has 61 heavy (non-hydrogen) atoms. The second kappa shape index (κ2) is 18.6. The van der Waals surface area contributed by atoms with E-state index in [-0.39, 0.29) is 6.79 Å². The first kappa shape index (κ1) is 46.8. The summed E-state index contributed by atoms with van der Waals surface area (Å²) in [6.45, 7) is 3.20. The van der Waals surface area contributed by atoms with E-state index in [0.717, 1.165) is 82.5 Å². The van der Waals surface area contributed by atoms with Gasteiger partial charge < -0.3 is 34.6 Å². The summed E-state index contributed by atoms with van der Waals surface area (Å²) in [5.41, 5.74) is 5.59. The summed E-state index contributed by atoms with van der Waals surface area (Å²) in [4.78, 5) is 40.7. The van der Waals surface area contributed by atoms with Crippen LogP contribution in [-0.4, -0.2) is 120 Å². The number of aromatic amines is 1. The molecule has 26 heteroatoms. The van der Waals surface area contributed by atoms with E-state index in [4.69, 9.17) is 39.2 Å². The SMILES string of the molecule is CS(=O)(=O)c1cccc(N2CCN(c3ncnc4ccc(-c5cn[nH]c5-c5ccc6c(c5)OCO6)cc34)CC2)c1.O=C(O)C(F)(F)F.O=C(O)C(F)(F)F.O=C(O)C(F)(F)F. The number of anilines is 2. The second-order valence-electron chi connectivity index (χ2n) is 12.3. The van der Waals surface area contributed by atoms with Gasteiger partial charge in [-0.25, -0.2) is 32.8 Å². The fourth-order valence-electron chi connectivity index (χ4n) is 5.33. The third-order valence-electron chi connectivity index (χ3n) is 8.14. The Morgan fingerprint density at radius 1 is 0.705 bits per heavy atom. The number of carbonyl (C=O) groups is 3. The van der Waals surface area contributed by atoms with Crippen LogP contribution in [0.15, 0.2) is 78.1 Å². The monoisotopic (exact) mass is 896 g/mol. The molecule has 0 saturated carbocycles. The third kappa shape index (κ3) is 12.6. The number of carboxylic acid groups (broad SMARTS) is 3. The number of H-pyrrole nitrogens is 1. The topological polar surface area (TPSA) is 225 Å². The molecule has 0 unspecified atom stereocenters. The van der Waals surface area contributed by atoms with Crippen LogP contribution in [-0.2, 0) is 24.2 Å². The summed E-state index contributed by atoms with van der Waals surface area (Å²) in [6.07, 6.45) is -10.6. The lowest BCUT2D eigenvalue weighted by molar-refractivity contribution is -0.193. The number of aliphatic carboxylic acids is 3. The van der Waals surface area contributed by atoms with Gasteiger partial charge in [0.2, 0.25) is 6.79 Å². The zero-order chi connectivity index (χ0) is 45.5. The average molecular weight is 897 g/mol. The van der Waals surface area contributed by atoms with E-state index in [1.54, 1.807) is 24.5 Å². The molecule has 2 aromatic heterocycles. The van der Waals surface area contributed by atoms with Gasteiger partial charge in [-0.05, 0) is 54.1 Å². The standard InChI is InChI=1S/C29H26N6O4S.3C2HF3O2/c1-40(36,37)22-4-2-3-21(15-22)34-9-11-35(12-10-34)29-23-13-19(5-7-25(23)30-17-31-29)24-16-32-33-28(24)20-6-8-26-27(14-20)39-18-38-26;3*3-2(4,5)1(6)7/h2-8,13-17H,9-12,18H2,1H3,(H,32,33);3*(H,6,7). The highest BCUT2D eigenvalue weighted by molar-refractivity contribution is 7.90. The molecule has 0 aliphatic carbocycles. The maximum atomic E-state index is 12.0. The van der Waals surface area contributed by atoms with E-state index in [9.17, 15) is 47.9 Å². The van der Waals surface area contributed by atoms with Crippen molar-refractivity contribution in [3.8, 4) is 33.9 Å². The number of alkyl halides is 9. The molecule has 2 aliphatic rings. The number of rotatable bonds is 5. The molecule has 328 valence electrons. The molecule has 0 radical (unpaired) electrons. The van der Waals surface area contributed by atoms with Crippen molar-refractivity contribution in [3.63, 3.8) is 0 Å². The minimum atomic E-state index is -5.08. The predicted molar refractivity (Wildman–Crippen MR) is 194 cm³/mol. The zero-order valence-electron chi connectivity index (χ0n) is 30.7. The van der Waals surface area contributed by atoms with Crippen LogP contribution < -0.4 is 19.3 Å². The molecule has 1 saturated heterocycles. The van der Waals surface area contributed by atoms with Gasteiger partial charge in [0, 0.05) is 54.6 Å². The van der Waals surface area contributed by atoms with Crippen LogP contribution in [0.25, 0.3) is 33.3 Å². The molecule has 4 N–H and O–H groups in total. The van der Waals surface area contributed by atoms with Gasteiger partial charge in [0.1, 0.15) is 12.1 Å². The zero-order valence-corrected chi connectivity index (χ0v) is 31.5. The van der Waals surface area contributed by atoms with Crippen molar-refractivity contribution in [2.45, 2.75) is 23.4 Å². The Morgan fingerprint density at radius 3 is 1.80 bits per heavy atom. The number of piperazine rings is 1. The van der Waals surface area contributed by atoms with Gasteiger partial charge >= 0.3 is 36.4 Å². The Balaban J connectivity index is 0.000000323. The highest BCUT2D eigenvalue weighted by atomic mass is 32.2. The molecule has 1 fully saturated rings. The van der Waals surface area contributed by atoms with Crippen LogP contribution >= 0.6 is 0 Å². The minimum absolute atomic E-state index is 0.226. The van der Waals surface area contributed by atoms with Gasteiger partial charge in [0.25, 0.3) is 0 Å². The van der Waals surface area contributed by atoms with E-state index in [2.05, 4.69) is 36.0 Å². The molecule has 5 aromatic rings. The molecule has 0 spiro atoms. The van der Waals surface area contributed by atoms with Crippen molar-refractivity contribution >= 4 is 50.2 Å². The van der Waals surface area contributed by atoms with Crippen molar-refractivity contribution in [1.29, 1.82) is 0 Å². The quantitative estimate of drug-likeness (QED) is 0.148. The molecule has 3 aromatic carbocycles. The number of carboxylic acids is 3. The number of ether oxygens (including phenoxy) is 2. The van der Waals surface area contributed by atoms with Crippen LogP contribution in [0, 0.1) is 0 Å². The number of hydrogen-bond acceptors (Lipinski definition) is 12. The lowest BCUT2D eigenvalue weighted by Gasteiger charge is -2.37. The first-order chi connectivity index (χ1) is 28.3. The Bertz CT molecular complexity index is 2430. The summed E-state index contributed by atoms with van der Waals surface area (Å²) in [5.74, 6) is -5.94. The fraction of sp³-hybridized carbons (Fsp3) is 0.257. The van der Waals surface area contributed by atoms with Crippen molar-refractivity contribution in [2.75, 3.05) is 49.0 Å². The maximum absolute atomic E-state index is 12.0. The molecular formula is C35H29F9N6O10S. The smallest absolute Gasteiger partial charge is 0.475 e. The third-order valence-corrected chi connectivity index (χ3v) is 9.25.